The number of rotatable bonds is 6. The number of hydrogen-bond donors (Lipinski definition) is 0. The number of hydrogen-bond acceptors (Lipinski definition) is 3. The molecular weight excluding hydrogens is 685 g/mol. The van der Waals surface area contributed by atoms with Gasteiger partial charge < -0.3 is 4.90 Å². The van der Waals surface area contributed by atoms with Gasteiger partial charge in [-0.3, -0.25) is 4.98 Å². The predicted octanol–water partition coefficient (Wildman–Crippen LogP) is 14.1. The Kier molecular flexibility index (Phi) is 7.29. The maximum Gasteiger partial charge on any atom is 0.0896 e. The molecule has 1 aliphatic carbocycles. The van der Waals surface area contributed by atoms with Crippen LogP contribution in [0.3, 0.4) is 0 Å². The Balaban J connectivity index is 1.13. The summed E-state index contributed by atoms with van der Waals surface area (Å²) in [6.07, 6.45) is 2.06. The van der Waals surface area contributed by atoms with Crippen molar-refractivity contribution in [1.29, 1.82) is 0 Å². The minimum absolute atomic E-state index is 0.449. The normalized spacial score (nSPS) is 12.9. The van der Waals surface area contributed by atoms with Crippen LogP contribution in [0.4, 0.5) is 17.1 Å². The molecule has 0 aliphatic heterocycles. The fourth-order valence-electron chi connectivity index (χ4n) is 8.98. The largest absolute Gasteiger partial charge is 0.309 e. The summed E-state index contributed by atoms with van der Waals surface area (Å²) in [7, 11) is 0. The fourth-order valence-corrected chi connectivity index (χ4v) is 10.1. The first-order valence-corrected chi connectivity index (χ1v) is 19.6. The van der Waals surface area contributed by atoms with Crippen LogP contribution in [0.2, 0.25) is 0 Å². The third-order valence-corrected chi connectivity index (χ3v) is 12.5. The molecule has 55 heavy (non-hydrogen) atoms. The number of anilines is 3. The lowest BCUT2D eigenvalue weighted by Gasteiger charge is -2.34. The molecule has 258 valence electrons. The van der Waals surface area contributed by atoms with Crippen LogP contribution in [0.1, 0.15) is 22.3 Å². The van der Waals surface area contributed by atoms with Crippen LogP contribution < -0.4 is 4.90 Å². The lowest BCUT2D eigenvalue weighted by molar-refractivity contribution is 0.768. The fraction of sp³-hybridized carbons (Fsp3) is 0.0192. The molecule has 0 bridgehead atoms. The van der Waals surface area contributed by atoms with Crippen molar-refractivity contribution in [3.05, 3.63) is 229 Å². The second-order valence-corrected chi connectivity index (χ2v) is 15.4. The van der Waals surface area contributed by atoms with Crippen molar-refractivity contribution in [2.75, 3.05) is 4.90 Å². The maximum absolute atomic E-state index is 5.24. The summed E-state index contributed by atoms with van der Waals surface area (Å²) in [5.74, 6) is 0. The van der Waals surface area contributed by atoms with E-state index in [1.54, 1.807) is 0 Å². The zero-order valence-corrected chi connectivity index (χ0v) is 30.7. The number of thiophene rings is 1. The van der Waals surface area contributed by atoms with Crippen molar-refractivity contribution in [3.8, 4) is 22.3 Å². The molecule has 0 amide bonds. The highest BCUT2D eigenvalue weighted by molar-refractivity contribution is 7.26. The Labute approximate surface area is 324 Å². The molecule has 0 radical (unpaired) electrons. The van der Waals surface area contributed by atoms with Gasteiger partial charge in [0.2, 0.25) is 0 Å². The quantitative estimate of drug-likeness (QED) is 0.170. The highest BCUT2D eigenvalue weighted by Crippen LogP contribution is 2.57. The van der Waals surface area contributed by atoms with Gasteiger partial charge in [0.05, 0.1) is 27.5 Å². The average molecular weight is 719 g/mol. The SMILES string of the molecule is c1ccc(-c2ccc(N(c3ccc4c(c3)-c3ccccc3C4(c3ccccc3)c3ccccc3)c3cnc4c(c3)sc3ccc5ccccc5c34)cc2)cc1. The van der Waals surface area contributed by atoms with Crippen LogP contribution in [-0.2, 0) is 5.41 Å². The van der Waals surface area contributed by atoms with Crippen molar-refractivity contribution in [3.63, 3.8) is 0 Å². The third kappa shape index (κ3) is 4.90. The monoisotopic (exact) mass is 718 g/mol. The molecule has 0 unspecified atom stereocenters. The van der Waals surface area contributed by atoms with Crippen LogP contribution in [0.15, 0.2) is 206 Å². The summed E-state index contributed by atoms with van der Waals surface area (Å²) in [6, 6.07) is 73.0. The van der Waals surface area contributed by atoms with E-state index in [9.17, 15) is 0 Å². The van der Waals surface area contributed by atoms with Gasteiger partial charge in [0, 0.05) is 21.5 Å². The Hall–Kier alpha value is -6.81. The van der Waals surface area contributed by atoms with Crippen molar-refractivity contribution in [1.82, 2.24) is 4.98 Å². The van der Waals surface area contributed by atoms with E-state index in [2.05, 4.69) is 211 Å². The average Bonchev–Trinajstić information content (AvgIpc) is 3.79. The van der Waals surface area contributed by atoms with E-state index >= 15 is 0 Å². The zero-order valence-electron chi connectivity index (χ0n) is 29.9. The maximum atomic E-state index is 5.24. The van der Waals surface area contributed by atoms with Gasteiger partial charge in [0.15, 0.2) is 0 Å². The van der Waals surface area contributed by atoms with Crippen LogP contribution in [0.5, 0.6) is 0 Å². The zero-order chi connectivity index (χ0) is 36.3. The number of nitrogens with zero attached hydrogens (tertiary/aromatic N) is 2. The smallest absolute Gasteiger partial charge is 0.0896 e. The van der Waals surface area contributed by atoms with Gasteiger partial charge in [0.25, 0.3) is 0 Å². The van der Waals surface area contributed by atoms with Crippen LogP contribution >= 0.6 is 11.3 Å². The van der Waals surface area contributed by atoms with E-state index in [4.69, 9.17) is 4.98 Å². The summed E-state index contributed by atoms with van der Waals surface area (Å²) in [5.41, 5.74) is 13.8. The van der Waals surface area contributed by atoms with E-state index < -0.39 is 5.41 Å². The molecule has 11 rings (SSSR count). The molecule has 2 nitrogen and oxygen atoms in total. The highest BCUT2D eigenvalue weighted by atomic mass is 32.1. The topological polar surface area (TPSA) is 16.1 Å². The minimum atomic E-state index is -0.449. The molecule has 0 fully saturated rings. The molecular formula is C52H34N2S. The van der Waals surface area contributed by atoms with E-state index in [1.165, 1.54) is 70.1 Å². The first-order valence-electron chi connectivity index (χ1n) is 18.8. The molecule has 0 saturated carbocycles. The lowest BCUT2D eigenvalue weighted by Crippen LogP contribution is -2.28. The number of fused-ring (bicyclic) bond motifs is 8. The van der Waals surface area contributed by atoms with E-state index in [0.29, 0.717) is 0 Å². The number of pyridine rings is 1. The van der Waals surface area contributed by atoms with Gasteiger partial charge in [-0.25, -0.2) is 0 Å². The minimum Gasteiger partial charge on any atom is -0.309 e. The first-order chi connectivity index (χ1) is 27.3. The van der Waals surface area contributed by atoms with Crippen molar-refractivity contribution in [2.45, 2.75) is 5.41 Å². The Morgan fingerprint density at radius 1 is 0.436 bits per heavy atom. The third-order valence-electron chi connectivity index (χ3n) is 11.4. The molecule has 1 aliphatic rings. The second kappa shape index (κ2) is 12.7. The Morgan fingerprint density at radius 2 is 1.05 bits per heavy atom. The molecule has 0 spiro atoms. The molecule has 0 N–H and O–H groups in total. The van der Waals surface area contributed by atoms with Gasteiger partial charge in [-0.15, -0.1) is 11.3 Å². The van der Waals surface area contributed by atoms with Gasteiger partial charge in [-0.05, 0) is 91.7 Å². The molecule has 8 aromatic carbocycles. The van der Waals surface area contributed by atoms with E-state index in [0.717, 1.165) is 22.6 Å². The summed E-state index contributed by atoms with van der Waals surface area (Å²) in [5, 5.41) is 3.72. The molecule has 2 heterocycles. The van der Waals surface area contributed by atoms with Gasteiger partial charge in [-0.2, -0.15) is 0 Å². The van der Waals surface area contributed by atoms with E-state index in [-0.39, 0.29) is 0 Å². The summed E-state index contributed by atoms with van der Waals surface area (Å²) >= 11 is 1.81. The summed E-state index contributed by atoms with van der Waals surface area (Å²) in [6.45, 7) is 0. The van der Waals surface area contributed by atoms with Crippen molar-refractivity contribution >= 4 is 59.5 Å². The van der Waals surface area contributed by atoms with Gasteiger partial charge in [0.1, 0.15) is 0 Å². The predicted molar refractivity (Wildman–Crippen MR) is 232 cm³/mol. The second-order valence-electron chi connectivity index (χ2n) is 14.3. The summed E-state index contributed by atoms with van der Waals surface area (Å²) in [4.78, 5) is 7.61. The first kappa shape index (κ1) is 31.7. The van der Waals surface area contributed by atoms with Gasteiger partial charge >= 0.3 is 0 Å². The molecule has 0 saturated heterocycles. The Morgan fingerprint density at radius 3 is 1.82 bits per heavy atom. The molecule has 3 heteroatoms. The van der Waals surface area contributed by atoms with Crippen LogP contribution in [0, 0.1) is 0 Å². The molecule has 10 aromatic rings. The van der Waals surface area contributed by atoms with E-state index in [1.807, 2.05) is 11.3 Å². The highest BCUT2D eigenvalue weighted by Gasteiger charge is 2.46. The number of benzene rings is 8. The number of aromatic nitrogens is 1. The van der Waals surface area contributed by atoms with Crippen molar-refractivity contribution in [2.24, 2.45) is 0 Å². The van der Waals surface area contributed by atoms with Crippen LogP contribution in [0.25, 0.3) is 53.3 Å². The molecule has 0 atom stereocenters. The van der Waals surface area contributed by atoms with Gasteiger partial charge in [-0.1, -0.05) is 164 Å². The van der Waals surface area contributed by atoms with Crippen LogP contribution in [-0.4, -0.2) is 4.98 Å². The van der Waals surface area contributed by atoms with Crippen molar-refractivity contribution < 1.29 is 0 Å². The lowest BCUT2D eigenvalue weighted by atomic mass is 9.68. The Bertz CT molecular complexity index is 2980. The molecule has 2 aromatic heterocycles. The standard InChI is InChI=1S/C52H34N2S/c1-4-14-35(15-5-1)36-24-27-40(28-25-36)54(42-33-49-51(53-34-42)50-43-21-11-10-16-37(43)26-31-48(50)55-49)41-29-30-47-45(32-41)44-22-12-13-23-46(44)52(47,38-17-6-2-7-18-38)39-19-8-3-9-20-39/h1-34H. The summed E-state index contributed by atoms with van der Waals surface area (Å²) < 4.78 is 2.43.